The Bertz CT molecular complexity index is 1380. The monoisotopic (exact) mass is 407 g/mol. The normalized spacial score (nSPS) is 10.9. The van der Waals surface area contributed by atoms with Crippen molar-refractivity contribution in [2.75, 3.05) is 6.54 Å². The summed E-state index contributed by atoms with van der Waals surface area (Å²) in [5.74, 6) is -0.0178. The molecule has 1 aromatic carbocycles. The van der Waals surface area contributed by atoms with Gasteiger partial charge >= 0.3 is 5.69 Å². The first kappa shape index (κ1) is 19.1. The summed E-state index contributed by atoms with van der Waals surface area (Å²) in [6, 6.07) is 12.9. The number of nitrogens with one attached hydrogen (secondary N) is 2. The standard InChI is InChI=1S/C20H17N5O5/c26-17(12-24-19(28)13-4-1-2-5-14(13)22-20(24)29)21-9-10-25-18(27)8-7-15(23-25)16-6-3-11-30-16/h1-8,11H,9-10,12H2,(H,21,26)(H,22,29). The van der Waals surface area contributed by atoms with Crippen LogP contribution in [0.5, 0.6) is 0 Å². The molecule has 0 aliphatic heterocycles. The third kappa shape index (κ3) is 3.83. The van der Waals surface area contributed by atoms with E-state index in [1.54, 1.807) is 42.5 Å². The number of hydrogen-bond donors (Lipinski definition) is 2. The fourth-order valence-electron chi connectivity index (χ4n) is 3.01. The van der Waals surface area contributed by atoms with Crippen molar-refractivity contribution in [2.24, 2.45) is 0 Å². The number of H-pyrrole nitrogens is 1. The van der Waals surface area contributed by atoms with Crippen molar-refractivity contribution in [3.63, 3.8) is 0 Å². The van der Waals surface area contributed by atoms with Crippen LogP contribution in [0.2, 0.25) is 0 Å². The number of fused-ring (bicyclic) bond motifs is 1. The number of hydrogen-bond acceptors (Lipinski definition) is 6. The van der Waals surface area contributed by atoms with Gasteiger partial charge in [0.2, 0.25) is 5.91 Å². The van der Waals surface area contributed by atoms with Gasteiger partial charge < -0.3 is 14.7 Å². The number of furan rings is 1. The summed E-state index contributed by atoms with van der Waals surface area (Å²) in [4.78, 5) is 51.4. The van der Waals surface area contributed by atoms with Gasteiger partial charge in [0.05, 0.1) is 23.7 Å². The molecular formula is C20H17N5O5. The van der Waals surface area contributed by atoms with Crippen LogP contribution in [0, 0.1) is 0 Å². The van der Waals surface area contributed by atoms with E-state index in [0.717, 1.165) is 4.57 Å². The third-order valence-electron chi connectivity index (χ3n) is 4.48. The fourth-order valence-corrected chi connectivity index (χ4v) is 3.01. The Labute approximate surface area is 168 Å². The second-order valence-corrected chi connectivity index (χ2v) is 6.47. The van der Waals surface area contributed by atoms with E-state index >= 15 is 0 Å². The van der Waals surface area contributed by atoms with Gasteiger partial charge in [-0.2, -0.15) is 5.10 Å². The Kier molecular flexibility index (Phi) is 5.12. The van der Waals surface area contributed by atoms with Crippen molar-refractivity contribution >= 4 is 16.8 Å². The number of amides is 1. The minimum Gasteiger partial charge on any atom is -0.463 e. The van der Waals surface area contributed by atoms with Crippen LogP contribution in [0.25, 0.3) is 22.4 Å². The van der Waals surface area contributed by atoms with Crippen LogP contribution < -0.4 is 22.1 Å². The maximum Gasteiger partial charge on any atom is 0.329 e. The van der Waals surface area contributed by atoms with Crippen LogP contribution in [0.4, 0.5) is 0 Å². The molecule has 4 rings (SSSR count). The summed E-state index contributed by atoms with van der Waals surface area (Å²) in [6.45, 7) is -0.233. The van der Waals surface area contributed by atoms with Gasteiger partial charge in [-0.15, -0.1) is 0 Å². The van der Waals surface area contributed by atoms with Crippen molar-refractivity contribution in [3.05, 3.63) is 86.0 Å². The van der Waals surface area contributed by atoms with Crippen molar-refractivity contribution in [1.82, 2.24) is 24.6 Å². The SMILES string of the molecule is O=C(Cn1c(=O)[nH]c2ccccc2c1=O)NCCn1nc(-c2ccco2)ccc1=O. The van der Waals surface area contributed by atoms with Crippen molar-refractivity contribution < 1.29 is 9.21 Å². The molecular weight excluding hydrogens is 390 g/mol. The van der Waals surface area contributed by atoms with Gasteiger partial charge in [-0.05, 0) is 30.3 Å². The van der Waals surface area contributed by atoms with Crippen LogP contribution in [0.3, 0.4) is 0 Å². The van der Waals surface area contributed by atoms with Gasteiger partial charge in [0, 0.05) is 12.6 Å². The zero-order chi connectivity index (χ0) is 21.1. The molecule has 152 valence electrons. The molecule has 0 saturated carbocycles. The molecule has 0 fully saturated rings. The van der Waals surface area contributed by atoms with E-state index in [1.807, 2.05) is 0 Å². The minimum atomic E-state index is -0.669. The molecule has 3 heterocycles. The molecule has 0 radical (unpaired) electrons. The van der Waals surface area contributed by atoms with Crippen molar-refractivity contribution in [2.45, 2.75) is 13.1 Å². The van der Waals surface area contributed by atoms with Crippen LogP contribution in [-0.4, -0.2) is 31.8 Å². The highest BCUT2D eigenvalue weighted by Crippen LogP contribution is 2.14. The topological polar surface area (TPSA) is 132 Å². The van der Waals surface area contributed by atoms with E-state index in [2.05, 4.69) is 15.4 Å². The lowest BCUT2D eigenvalue weighted by Crippen LogP contribution is -2.41. The average Bonchev–Trinajstić information content (AvgIpc) is 3.27. The van der Waals surface area contributed by atoms with Crippen LogP contribution >= 0.6 is 0 Å². The van der Waals surface area contributed by atoms with Gasteiger partial charge in [0.25, 0.3) is 11.1 Å². The summed E-state index contributed by atoms with van der Waals surface area (Å²) < 4.78 is 7.30. The lowest BCUT2D eigenvalue weighted by atomic mass is 10.2. The maximum absolute atomic E-state index is 12.5. The largest absolute Gasteiger partial charge is 0.463 e. The number of aromatic nitrogens is 4. The molecule has 3 aromatic heterocycles. The predicted octanol–water partition coefficient (Wildman–Crippen LogP) is 0.323. The lowest BCUT2D eigenvalue weighted by Gasteiger charge is -2.09. The van der Waals surface area contributed by atoms with Gasteiger partial charge in [0.1, 0.15) is 12.2 Å². The summed E-state index contributed by atoms with van der Waals surface area (Å²) >= 11 is 0. The Balaban J connectivity index is 1.44. The fraction of sp³-hybridized carbons (Fsp3) is 0.150. The maximum atomic E-state index is 12.5. The Morgan fingerprint density at radius 2 is 1.90 bits per heavy atom. The molecule has 4 aromatic rings. The Morgan fingerprint density at radius 1 is 1.07 bits per heavy atom. The Hall–Kier alpha value is -4.21. The summed E-state index contributed by atoms with van der Waals surface area (Å²) in [5, 5.41) is 7.11. The number of para-hydroxylation sites is 1. The Morgan fingerprint density at radius 3 is 2.70 bits per heavy atom. The van der Waals surface area contributed by atoms with E-state index in [4.69, 9.17) is 4.42 Å². The molecule has 0 bridgehead atoms. The van der Waals surface area contributed by atoms with Gasteiger partial charge in [-0.3, -0.25) is 19.0 Å². The summed E-state index contributed by atoms with van der Waals surface area (Å²) in [5.41, 5.74) is -0.653. The number of aromatic amines is 1. The summed E-state index contributed by atoms with van der Waals surface area (Å²) in [6.07, 6.45) is 1.50. The first-order valence-corrected chi connectivity index (χ1v) is 9.13. The highest BCUT2D eigenvalue weighted by atomic mass is 16.3. The van der Waals surface area contributed by atoms with E-state index in [0.29, 0.717) is 22.4 Å². The highest BCUT2D eigenvalue weighted by molar-refractivity contribution is 5.78. The van der Waals surface area contributed by atoms with E-state index in [-0.39, 0.29) is 18.6 Å². The molecule has 0 saturated heterocycles. The average molecular weight is 407 g/mol. The third-order valence-corrected chi connectivity index (χ3v) is 4.48. The zero-order valence-corrected chi connectivity index (χ0v) is 15.7. The molecule has 0 atom stereocenters. The van der Waals surface area contributed by atoms with E-state index < -0.39 is 23.7 Å². The lowest BCUT2D eigenvalue weighted by molar-refractivity contribution is -0.121. The molecule has 2 N–H and O–H groups in total. The minimum absolute atomic E-state index is 0.0909. The summed E-state index contributed by atoms with van der Waals surface area (Å²) in [7, 11) is 0. The van der Waals surface area contributed by atoms with Crippen molar-refractivity contribution in [1.29, 1.82) is 0 Å². The van der Waals surface area contributed by atoms with Crippen LogP contribution in [-0.2, 0) is 17.9 Å². The van der Waals surface area contributed by atoms with Gasteiger partial charge in [-0.25, -0.2) is 9.48 Å². The number of rotatable bonds is 6. The van der Waals surface area contributed by atoms with Gasteiger partial charge in [0.15, 0.2) is 5.76 Å². The molecule has 10 heteroatoms. The van der Waals surface area contributed by atoms with Gasteiger partial charge in [-0.1, -0.05) is 12.1 Å². The number of benzene rings is 1. The highest BCUT2D eigenvalue weighted by Gasteiger charge is 2.11. The molecule has 0 aliphatic rings. The number of nitrogens with zero attached hydrogens (tertiary/aromatic N) is 3. The molecule has 0 unspecified atom stereocenters. The predicted molar refractivity (Wildman–Crippen MR) is 108 cm³/mol. The van der Waals surface area contributed by atoms with Crippen molar-refractivity contribution in [3.8, 4) is 11.5 Å². The second-order valence-electron chi connectivity index (χ2n) is 6.47. The first-order valence-electron chi connectivity index (χ1n) is 9.13. The van der Waals surface area contributed by atoms with Crippen LogP contribution in [0.1, 0.15) is 0 Å². The molecule has 0 aliphatic carbocycles. The molecule has 30 heavy (non-hydrogen) atoms. The molecule has 0 spiro atoms. The van der Waals surface area contributed by atoms with Crippen LogP contribution in [0.15, 0.2) is 73.6 Å². The first-order chi connectivity index (χ1) is 14.5. The second kappa shape index (κ2) is 8.03. The zero-order valence-electron chi connectivity index (χ0n) is 15.7. The molecule has 10 nitrogen and oxygen atoms in total. The van der Waals surface area contributed by atoms with E-state index in [9.17, 15) is 19.2 Å². The smallest absolute Gasteiger partial charge is 0.329 e. The number of carbonyl (C=O) groups is 1. The van der Waals surface area contributed by atoms with E-state index in [1.165, 1.54) is 17.0 Å². The quantitative estimate of drug-likeness (QED) is 0.473. The molecule has 1 amide bonds. The number of carbonyl (C=O) groups excluding carboxylic acids is 1.